The molecule has 4 heteroatoms. The number of hydrogen-bond donors (Lipinski definition) is 1. The van der Waals surface area contributed by atoms with Crippen LogP contribution in [-0.2, 0) is 6.42 Å². The highest BCUT2D eigenvalue weighted by atomic mass is 16.5. The average Bonchev–Trinajstić information content (AvgIpc) is 2.85. The van der Waals surface area contributed by atoms with Crippen LogP contribution in [0.3, 0.4) is 0 Å². The Morgan fingerprint density at radius 3 is 3.00 bits per heavy atom. The Hall–Kier alpha value is -0.900. The highest BCUT2D eigenvalue weighted by molar-refractivity contribution is 4.98. The van der Waals surface area contributed by atoms with E-state index in [4.69, 9.17) is 10.3 Å². The summed E-state index contributed by atoms with van der Waals surface area (Å²) >= 11 is 0. The van der Waals surface area contributed by atoms with Gasteiger partial charge in [0.1, 0.15) is 0 Å². The van der Waals surface area contributed by atoms with Gasteiger partial charge in [0.05, 0.1) is 0 Å². The smallest absolute Gasteiger partial charge is 0.226 e. The van der Waals surface area contributed by atoms with Crippen molar-refractivity contribution in [3.63, 3.8) is 0 Å². The molecule has 4 nitrogen and oxygen atoms in total. The van der Waals surface area contributed by atoms with Crippen LogP contribution in [0.25, 0.3) is 0 Å². The number of nitrogens with zero attached hydrogens (tertiary/aromatic N) is 2. The lowest BCUT2D eigenvalue weighted by Gasteiger charge is -2.26. The molecule has 1 fully saturated rings. The fourth-order valence-corrected chi connectivity index (χ4v) is 2.78. The van der Waals surface area contributed by atoms with Crippen molar-refractivity contribution in [2.75, 3.05) is 0 Å². The molecule has 1 heterocycles. The zero-order valence-corrected chi connectivity index (χ0v) is 11.6. The third-order valence-corrected chi connectivity index (χ3v) is 4.02. The number of nitrogens with two attached hydrogens (primary N) is 1. The summed E-state index contributed by atoms with van der Waals surface area (Å²) in [6.45, 7) is 4.28. The van der Waals surface area contributed by atoms with E-state index in [1.807, 2.05) is 6.92 Å². The van der Waals surface area contributed by atoms with Gasteiger partial charge in [-0.1, -0.05) is 31.3 Å². The van der Waals surface area contributed by atoms with E-state index in [2.05, 4.69) is 17.1 Å². The summed E-state index contributed by atoms with van der Waals surface area (Å²) in [6, 6.07) is 0.194. The molecular weight excluding hydrogens is 226 g/mol. The molecular formula is C14H25N3O. The second-order valence-electron chi connectivity index (χ2n) is 5.70. The van der Waals surface area contributed by atoms with E-state index in [0.29, 0.717) is 5.92 Å². The van der Waals surface area contributed by atoms with Gasteiger partial charge in [-0.05, 0) is 32.1 Å². The minimum Gasteiger partial charge on any atom is -0.339 e. The van der Waals surface area contributed by atoms with Crippen LogP contribution in [0.2, 0.25) is 0 Å². The predicted molar refractivity (Wildman–Crippen MR) is 71.3 cm³/mol. The molecule has 2 N–H and O–H groups in total. The number of rotatable bonds is 5. The average molecular weight is 251 g/mol. The Bertz CT molecular complexity index is 362. The standard InChI is InChI=1S/C14H25N3O/c1-3-11-5-4-6-12(9-11)14-16-13(18-17-14)8-7-10(2)15/h10-12H,3-9,15H2,1-2H3. The predicted octanol–water partition coefficient (Wildman–Crippen LogP) is 3.03. The molecule has 0 bridgehead atoms. The van der Waals surface area contributed by atoms with Crippen molar-refractivity contribution in [2.45, 2.75) is 70.8 Å². The second-order valence-corrected chi connectivity index (χ2v) is 5.70. The first-order chi connectivity index (χ1) is 8.69. The quantitative estimate of drug-likeness (QED) is 0.873. The molecule has 1 aliphatic rings. The van der Waals surface area contributed by atoms with E-state index in [-0.39, 0.29) is 6.04 Å². The van der Waals surface area contributed by atoms with Crippen LogP contribution in [0.5, 0.6) is 0 Å². The topological polar surface area (TPSA) is 64.9 Å². The van der Waals surface area contributed by atoms with Crippen molar-refractivity contribution in [1.82, 2.24) is 10.1 Å². The van der Waals surface area contributed by atoms with Gasteiger partial charge in [-0.25, -0.2) is 0 Å². The lowest BCUT2D eigenvalue weighted by Crippen LogP contribution is -2.16. The Labute approximate surface area is 109 Å². The van der Waals surface area contributed by atoms with Crippen molar-refractivity contribution < 1.29 is 4.52 Å². The summed E-state index contributed by atoms with van der Waals surface area (Å²) in [4.78, 5) is 4.54. The molecule has 102 valence electrons. The second kappa shape index (κ2) is 6.32. The monoisotopic (exact) mass is 251 g/mol. The number of aromatic nitrogens is 2. The summed E-state index contributed by atoms with van der Waals surface area (Å²) in [7, 11) is 0. The molecule has 2 rings (SSSR count). The van der Waals surface area contributed by atoms with Gasteiger partial charge in [-0.3, -0.25) is 0 Å². The molecule has 3 unspecified atom stereocenters. The summed E-state index contributed by atoms with van der Waals surface area (Å²) in [5, 5.41) is 4.16. The van der Waals surface area contributed by atoms with Crippen LogP contribution in [-0.4, -0.2) is 16.2 Å². The van der Waals surface area contributed by atoms with Crippen LogP contribution in [0.15, 0.2) is 4.52 Å². The number of hydrogen-bond acceptors (Lipinski definition) is 4. The van der Waals surface area contributed by atoms with Gasteiger partial charge in [0, 0.05) is 18.4 Å². The van der Waals surface area contributed by atoms with Crippen LogP contribution >= 0.6 is 0 Å². The van der Waals surface area contributed by atoms with Gasteiger partial charge < -0.3 is 10.3 Å². The molecule has 0 aromatic carbocycles. The van der Waals surface area contributed by atoms with Crippen molar-refractivity contribution in [2.24, 2.45) is 11.7 Å². The molecule has 1 aliphatic carbocycles. The molecule has 1 aromatic heterocycles. The third-order valence-electron chi connectivity index (χ3n) is 4.02. The Morgan fingerprint density at radius 1 is 1.44 bits per heavy atom. The summed E-state index contributed by atoms with van der Waals surface area (Å²) in [6.07, 6.45) is 8.07. The molecule has 0 spiro atoms. The van der Waals surface area contributed by atoms with Gasteiger partial charge in [-0.15, -0.1) is 0 Å². The Balaban J connectivity index is 1.92. The first kappa shape index (κ1) is 13.5. The fourth-order valence-electron chi connectivity index (χ4n) is 2.78. The first-order valence-electron chi connectivity index (χ1n) is 7.27. The lowest BCUT2D eigenvalue weighted by atomic mass is 9.80. The minimum atomic E-state index is 0.194. The van der Waals surface area contributed by atoms with E-state index < -0.39 is 0 Å². The zero-order chi connectivity index (χ0) is 13.0. The van der Waals surface area contributed by atoms with Gasteiger partial charge in [0.15, 0.2) is 5.82 Å². The first-order valence-corrected chi connectivity index (χ1v) is 7.27. The normalized spacial score (nSPS) is 26.2. The van der Waals surface area contributed by atoms with E-state index in [9.17, 15) is 0 Å². The van der Waals surface area contributed by atoms with Gasteiger partial charge >= 0.3 is 0 Å². The molecule has 1 saturated carbocycles. The molecule has 0 amide bonds. The third kappa shape index (κ3) is 3.55. The highest BCUT2D eigenvalue weighted by Crippen LogP contribution is 2.36. The van der Waals surface area contributed by atoms with Crippen LogP contribution in [0, 0.1) is 5.92 Å². The van der Waals surface area contributed by atoms with Crippen molar-refractivity contribution in [3.8, 4) is 0 Å². The van der Waals surface area contributed by atoms with Crippen LogP contribution < -0.4 is 5.73 Å². The van der Waals surface area contributed by atoms with Gasteiger partial charge in [0.2, 0.25) is 5.89 Å². The maximum absolute atomic E-state index is 5.74. The summed E-state index contributed by atoms with van der Waals surface area (Å²) in [5.41, 5.74) is 5.74. The van der Waals surface area contributed by atoms with E-state index in [1.165, 1.54) is 32.1 Å². The lowest BCUT2D eigenvalue weighted by molar-refractivity contribution is 0.297. The molecule has 0 aliphatic heterocycles. The van der Waals surface area contributed by atoms with E-state index in [0.717, 1.165) is 30.5 Å². The molecule has 3 atom stereocenters. The highest BCUT2D eigenvalue weighted by Gasteiger charge is 2.25. The van der Waals surface area contributed by atoms with Crippen LogP contribution in [0.4, 0.5) is 0 Å². The largest absolute Gasteiger partial charge is 0.339 e. The Morgan fingerprint density at radius 2 is 2.28 bits per heavy atom. The number of aryl methyl sites for hydroxylation is 1. The SMILES string of the molecule is CCC1CCCC(c2noc(CCC(C)N)n2)C1. The molecule has 1 aromatic rings. The van der Waals surface area contributed by atoms with E-state index >= 15 is 0 Å². The van der Waals surface area contributed by atoms with E-state index in [1.54, 1.807) is 0 Å². The van der Waals surface area contributed by atoms with Gasteiger partial charge in [-0.2, -0.15) is 4.98 Å². The van der Waals surface area contributed by atoms with Crippen molar-refractivity contribution in [3.05, 3.63) is 11.7 Å². The zero-order valence-electron chi connectivity index (χ0n) is 11.6. The maximum Gasteiger partial charge on any atom is 0.226 e. The van der Waals surface area contributed by atoms with Crippen molar-refractivity contribution >= 4 is 0 Å². The summed E-state index contributed by atoms with van der Waals surface area (Å²) < 4.78 is 5.32. The molecule has 18 heavy (non-hydrogen) atoms. The minimum absolute atomic E-state index is 0.194. The van der Waals surface area contributed by atoms with Gasteiger partial charge in [0.25, 0.3) is 0 Å². The Kier molecular flexibility index (Phi) is 4.75. The van der Waals surface area contributed by atoms with Crippen LogP contribution in [0.1, 0.15) is 70.0 Å². The maximum atomic E-state index is 5.74. The van der Waals surface area contributed by atoms with Crippen molar-refractivity contribution in [1.29, 1.82) is 0 Å². The molecule has 0 saturated heterocycles. The summed E-state index contributed by atoms with van der Waals surface area (Å²) in [5.74, 6) is 3.03. The fraction of sp³-hybridized carbons (Fsp3) is 0.857. The molecule has 0 radical (unpaired) electrons.